The molecule has 0 bridgehead atoms. The average molecular weight is 414 g/mol. The molecule has 2 N–H and O–H groups in total. The van der Waals surface area contributed by atoms with E-state index in [2.05, 4.69) is 21.2 Å². The fourth-order valence-electron chi connectivity index (χ4n) is 4.61. The zero-order valence-corrected chi connectivity index (χ0v) is 17.1. The minimum Gasteiger partial charge on any atom is -0.586 e. The van der Waals surface area contributed by atoms with E-state index in [0.29, 0.717) is 18.8 Å². The summed E-state index contributed by atoms with van der Waals surface area (Å²) in [6.45, 7) is 1.10. The van der Waals surface area contributed by atoms with Crippen molar-refractivity contribution in [3.05, 3.63) is 40.1 Å². The Morgan fingerprint density at radius 3 is 2.48 bits per heavy atom. The molecule has 3 amide bonds. The lowest BCUT2D eigenvalue weighted by Crippen LogP contribution is -2.37. The van der Waals surface area contributed by atoms with E-state index < -0.39 is 17.4 Å². The maximum Gasteiger partial charge on any atom is 0.361 e. The Morgan fingerprint density at radius 1 is 1.10 bits per heavy atom. The molecule has 5 rings (SSSR count). The SMILES string of the molecule is CN1CCn2nc([S+]([O-])NC(=O)Nc3c4c(cc5c3CCC5)CCC4)cc2C1=O. The number of fused-ring (bicyclic) bond motifs is 3. The lowest BCUT2D eigenvalue weighted by molar-refractivity contribution is 0.0742. The van der Waals surface area contributed by atoms with Gasteiger partial charge in [0, 0.05) is 25.3 Å². The second-order valence-electron chi connectivity index (χ2n) is 7.88. The summed E-state index contributed by atoms with van der Waals surface area (Å²) in [5.41, 5.74) is 6.39. The molecule has 0 fully saturated rings. The van der Waals surface area contributed by atoms with Crippen LogP contribution < -0.4 is 10.0 Å². The number of likely N-dealkylation sites (N-methyl/N-ethyl adjacent to an activating group) is 1. The van der Waals surface area contributed by atoms with Crippen molar-refractivity contribution in [2.75, 3.05) is 18.9 Å². The number of rotatable bonds is 3. The highest BCUT2D eigenvalue weighted by molar-refractivity contribution is 7.90. The summed E-state index contributed by atoms with van der Waals surface area (Å²) in [7, 11) is 1.72. The summed E-state index contributed by atoms with van der Waals surface area (Å²) >= 11 is -1.84. The van der Waals surface area contributed by atoms with Crippen molar-refractivity contribution in [3.8, 4) is 0 Å². The number of nitrogens with zero attached hydrogens (tertiary/aromatic N) is 3. The Labute approximate surface area is 172 Å². The smallest absolute Gasteiger partial charge is 0.361 e. The van der Waals surface area contributed by atoms with Gasteiger partial charge in [0.1, 0.15) is 17.1 Å². The lowest BCUT2D eigenvalue weighted by Gasteiger charge is -2.22. The number of aryl methyl sites for hydroxylation is 2. The van der Waals surface area contributed by atoms with Gasteiger partial charge >= 0.3 is 6.03 Å². The summed E-state index contributed by atoms with van der Waals surface area (Å²) in [6.07, 6.45) is 6.22. The molecule has 1 aliphatic heterocycles. The van der Waals surface area contributed by atoms with Crippen LogP contribution in [-0.2, 0) is 43.6 Å². The van der Waals surface area contributed by atoms with E-state index >= 15 is 0 Å². The van der Waals surface area contributed by atoms with Crippen molar-refractivity contribution in [1.82, 2.24) is 19.4 Å². The van der Waals surface area contributed by atoms with E-state index in [0.717, 1.165) is 44.2 Å². The van der Waals surface area contributed by atoms with Gasteiger partial charge < -0.3 is 14.8 Å². The molecule has 2 aromatic rings. The average Bonchev–Trinajstić information content (AvgIpc) is 3.43. The zero-order valence-electron chi connectivity index (χ0n) is 16.3. The van der Waals surface area contributed by atoms with E-state index in [9.17, 15) is 14.1 Å². The third-order valence-electron chi connectivity index (χ3n) is 6.06. The molecule has 152 valence electrons. The number of hydrogen-bond acceptors (Lipinski definition) is 4. The Balaban J connectivity index is 1.34. The number of urea groups is 1. The molecule has 2 aliphatic carbocycles. The monoisotopic (exact) mass is 413 g/mol. The first kappa shape index (κ1) is 18.5. The number of hydrogen-bond donors (Lipinski definition) is 2. The first-order chi connectivity index (χ1) is 14.0. The van der Waals surface area contributed by atoms with Gasteiger partial charge in [-0.25, -0.2) is 4.79 Å². The second-order valence-corrected chi connectivity index (χ2v) is 9.04. The first-order valence-corrected chi connectivity index (χ1v) is 11.2. The standard InChI is InChI=1S/C20H23N5O3S/c1-24-8-9-25-16(19(24)26)11-17(22-25)29(28)23-20(27)21-18-14-6-2-4-12(14)10-13-5-3-7-15(13)18/h10-11H,2-9H2,1H3,(H2,21,23,27). The van der Waals surface area contributed by atoms with E-state index in [1.165, 1.54) is 28.3 Å². The number of benzene rings is 1. The summed E-state index contributed by atoms with van der Waals surface area (Å²) < 4.78 is 16.7. The molecule has 0 saturated carbocycles. The van der Waals surface area contributed by atoms with Crippen LogP contribution in [0.5, 0.6) is 0 Å². The molecule has 0 spiro atoms. The van der Waals surface area contributed by atoms with Gasteiger partial charge in [-0.1, -0.05) is 6.07 Å². The molecule has 2 heterocycles. The normalized spacial score (nSPS) is 18.3. The zero-order chi connectivity index (χ0) is 20.1. The maximum atomic E-state index is 12.7. The topological polar surface area (TPSA) is 102 Å². The summed E-state index contributed by atoms with van der Waals surface area (Å²) in [6, 6.07) is 3.29. The van der Waals surface area contributed by atoms with Crippen LogP contribution in [0.15, 0.2) is 17.2 Å². The fraction of sp³-hybridized carbons (Fsp3) is 0.450. The fourth-order valence-corrected chi connectivity index (χ4v) is 5.33. The quantitative estimate of drug-likeness (QED) is 0.749. The van der Waals surface area contributed by atoms with Crippen molar-refractivity contribution in [2.45, 2.75) is 50.1 Å². The van der Waals surface area contributed by atoms with E-state index in [4.69, 9.17) is 0 Å². The molecule has 0 saturated heterocycles. The number of carbonyl (C=O) groups excluding carboxylic acids is 2. The third kappa shape index (κ3) is 3.18. The number of aromatic nitrogens is 2. The van der Waals surface area contributed by atoms with Crippen LogP contribution in [0.3, 0.4) is 0 Å². The van der Waals surface area contributed by atoms with Crippen molar-refractivity contribution < 1.29 is 14.1 Å². The molecule has 1 unspecified atom stereocenters. The Kier molecular flexibility index (Phi) is 4.51. The minimum atomic E-state index is -1.84. The van der Waals surface area contributed by atoms with Crippen LogP contribution in [-0.4, -0.2) is 44.8 Å². The van der Waals surface area contributed by atoms with Gasteiger partial charge in [-0.05, 0) is 60.8 Å². The van der Waals surface area contributed by atoms with Gasteiger partial charge in [0.25, 0.3) is 10.9 Å². The highest BCUT2D eigenvalue weighted by Crippen LogP contribution is 2.38. The molecule has 29 heavy (non-hydrogen) atoms. The minimum absolute atomic E-state index is 0.160. The largest absolute Gasteiger partial charge is 0.586 e. The van der Waals surface area contributed by atoms with Gasteiger partial charge in [-0.2, -0.15) is 0 Å². The van der Waals surface area contributed by atoms with Crippen molar-refractivity contribution >= 4 is 29.0 Å². The van der Waals surface area contributed by atoms with Gasteiger partial charge in [-0.15, -0.1) is 9.82 Å². The van der Waals surface area contributed by atoms with Crippen molar-refractivity contribution in [2.24, 2.45) is 0 Å². The molecular formula is C20H23N5O3S. The summed E-state index contributed by atoms with van der Waals surface area (Å²) in [4.78, 5) is 26.4. The summed E-state index contributed by atoms with van der Waals surface area (Å²) in [5.74, 6) is -0.160. The molecule has 1 aromatic carbocycles. The van der Waals surface area contributed by atoms with Crippen molar-refractivity contribution in [3.63, 3.8) is 0 Å². The van der Waals surface area contributed by atoms with Crippen LogP contribution in [0.2, 0.25) is 0 Å². The second kappa shape index (κ2) is 7.07. The highest BCUT2D eigenvalue weighted by Gasteiger charge is 2.30. The van der Waals surface area contributed by atoms with Crippen LogP contribution in [0.4, 0.5) is 10.5 Å². The first-order valence-electron chi connectivity index (χ1n) is 10.0. The van der Waals surface area contributed by atoms with Crippen LogP contribution >= 0.6 is 0 Å². The number of amides is 3. The maximum absolute atomic E-state index is 12.7. The molecule has 9 heteroatoms. The third-order valence-corrected chi connectivity index (χ3v) is 7.01. The Hall–Kier alpha value is -2.52. The Bertz CT molecular complexity index is 986. The highest BCUT2D eigenvalue weighted by atomic mass is 32.2. The number of anilines is 1. The molecular weight excluding hydrogens is 390 g/mol. The predicted octanol–water partition coefficient (Wildman–Crippen LogP) is 1.79. The van der Waals surface area contributed by atoms with Crippen LogP contribution in [0.1, 0.15) is 45.6 Å². The van der Waals surface area contributed by atoms with E-state index in [1.54, 1.807) is 16.6 Å². The number of nitrogens with one attached hydrogen (secondary N) is 2. The molecule has 8 nitrogen and oxygen atoms in total. The van der Waals surface area contributed by atoms with Crippen LogP contribution in [0.25, 0.3) is 0 Å². The molecule has 0 radical (unpaired) electrons. The molecule has 1 atom stereocenters. The van der Waals surface area contributed by atoms with Gasteiger partial charge in [-0.3, -0.25) is 9.48 Å². The van der Waals surface area contributed by atoms with Crippen LogP contribution in [0, 0.1) is 0 Å². The lowest BCUT2D eigenvalue weighted by atomic mass is 9.99. The van der Waals surface area contributed by atoms with E-state index in [1.807, 2.05) is 0 Å². The van der Waals surface area contributed by atoms with Gasteiger partial charge in [0.05, 0.1) is 6.54 Å². The number of carbonyl (C=O) groups is 2. The van der Waals surface area contributed by atoms with Gasteiger partial charge in [0.2, 0.25) is 0 Å². The Morgan fingerprint density at radius 2 is 1.79 bits per heavy atom. The molecule has 3 aliphatic rings. The summed E-state index contributed by atoms with van der Waals surface area (Å²) in [5, 5.41) is 7.39. The van der Waals surface area contributed by atoms with E-state index in [-0.39, 0.29) is 10.9 Å². The van der Waals surface area contributed by atoms with Gasteiger partial charge in [0.15, 0.2) is 0 Å². The predicted molar refractivity (Wildman–Crippen MR) is 108 cm³/mol. The molecule has 1 aromatic heterocycles. The van der Waals surface area contributed by atoms with Crippen molar-refractivity contribution in [1.29, 1.82) is 0 Å².